The van der Waals surface area contributed by atoms with Crippen LogP contribution in [0.2, 0.25) is 0 Å². The molecule has 0 aliphatic carbocycles. The summed E-state index contributed by atoms with van der Waals surface area (Å²) in [4.78, 5) is 1.21. The number of hydrogen-bond acceptors (Lipinski definition) is 3. The van der Waals surface area contributed by atoms with Gasteiger partial charge in [0.1, 0.15) is 5.75 Å². The van der Waals surface area contributed by atoms with Crippen LogP contribution in [-0.2, 0) is 0 Å². The second-order valence-electron chi connectivity index (χ2n) is 4.95. The van der Waals surface area contributed by atoms with Gasteiger partial charge in [-0.2, -0.15) is 0 Å². The molecule has 0 aliphatic rings. The van der Waals surface area contributed by atoms with Crippen LogP contribution in [0, 0.1) is 13.8 Å². The largest absolute Gasteiger partial charge is 0.497 e. The molecule has 2 aromatic carbocycles. The predicted molar refractivity (Wildman–Crippen MR) is 86.6 cm³/mol. The molecule has 0 spiro atoms. The van der Waals surface area contributed by atoms with Crippen LogP contribution < -0.4 is 10.5 Å². The standard InChI is InChI=1S/C17H21NOS/c1-12-4-5-13(2)16(10-12)17(18)11-20-15-8-6-14(19-3)7-9-15/h4-10,17H,11,18H2,1-3H3. The average molecular weight is 287 g/mol. The van der Waals surface area contributed by atoms with Gasteiger partial charge in [0.25, 0.3) is 0 Å². The van der Waals surface area contributed by atoms with E-state index in [1.165, 1.54) is 21.6 Å². The fraction of sp³-hybridized carbons (Fsp3) is 0.294. The lowest BCUT2D eigenvalue weighted by molar-refractivity contribution is 0.414. The summed E-state index contributed by atoms with van der Waals surface area (Å²) >= 11 is 1.78. The highest BCUT2D eigenvalue weighted by atomic mass is 32.2. The molecule has 0 bridgehead atoms. The molecule has 0 amide bonds. The van der Waals surface area contributed by atoms with Gasteiger partial charge in [0.2, 0.25) is 0 Å². The fourth-order valence-electron chi connectivity index (χ4n) is 2.11. The summed E-state index contributed by atoms with van der Waals surface area (Å²) < 4.78 is 5.16. The van der Waals surface area contributed by atoms with Gasteiger partial charge in [-0.05, 0) is 49.2 Å². The van der Waals surface area contributed by atoms with E-state index in [-0.39, 0.29) is 6.04 Å². The molecule has 0 fully saturated rings. The summed E-state index contributed by atoms with van der Waals surface area (Å²) in [5.74, 6) is 1.75. The number of methoxy groups -OCH3 is 1. The van der Waals surface area contributed by atoms with Crippen LogP contribution in [0.4, 0.5) is 0 Å². The molecule has 0 saturated carbocycles. The predicted octanol–water partition coefficient (Wildman–Crippen LogP) is 4.10. The summed E-state index contributed by atoms with van der Waals surface area (Å²) in [6.45, 7) is 4.22. The van der Waals surface area contributed by atoms with Crippen LogP contribution >= 0.6 is 11.8 Å². The van der Waals surface area contributed by atoms with Crippen molar-refractivity contribution in [1.82, 2.24) is 0 Å². The quantitative estimate of drug-likeness (QED) is 0.841. The summed E-state index contributed by atoms with van der Waals surface area (Å²) in [6.07, 6.45) is 0. The average Bonchev–Trinajstić information content (AvgIpc) is 2.47. The minimum Gasteiger partial charge on any atom is -0.497 e. The van der Waals surface area contributed by atoms with Crippen molar-refractivity contribution in [3.63, 3.8) is 0 Å². The van der Waals surface area contributed by atoms with Crippen LogP contribution in [0.25, 0.3) is 0 Å². The molecule has 2 N–H and O–H groups in total. The summed E-state index contributed by atoms with van der Waals surface area (Å²) in [7, 11) is 1.68. The molecular weight excluding hydrogens is 266 g/mol. The highest BCUT2D eigenvalue weighted by Gasteiger charge is 2.10. The minimum absolute atomic E-state index is 0.0574. The third-order valence-corrected chi connectivity index (χ3v) is 4.45. The third-order valence-electron chi connectivity index (χ3n) is 3.32. The molecule has 0 aromatic heterocycles. The number of benzene rings is 2. The van der Waals surface area contributed by atoms with Gasteiger partial charge in [-0.25, -0.2) is 0 Å². The van der Waals surface area contributed by atoms with Crippen LogP contribution in [0.3, 0.4) is 0 Å². The van der Waals surface area contributed by atoms with Crippen molar-refractivity contribution >= 4 is 11.8 Å². The van der Waals surface area contributed by atoms with Crippen molar-refractivity contribution in [1.29, 1.82) is 0 Å². The number of nitrogens with two attached hydrogens (primary N) is 1. The van der Waals surface area contributed by atoms with Gasteiger partial charge in [0, 0.05) is 16.7 Å². The van der Waals surface area contributed by atoms with Gasteiger partial charge < -0.3 is 10.5 Å². The number of hydrogen-bond donors (Lipinski definition) is 1. The summed E-state index contributed by atoms with van der Waals surface area (Å²) in [6, 6.07) is 14.6. The number of rotatable bonds is 5. The molecule has 0 heterocycles. The van der Waals surface area contributed by atoms with Crippen LogP contribution in [0.15, 0.2) is 47.4 Å². The highest BCUT2D eigenvalue weighted by Crippen LogP contribution is 2.26. The molecule has 3 heteroatoms. The Morgan fingerprint density at radius 1 is 1.10 bits per heavy atom. The van der Waals surface area contributed by atoms with Gasteiger partial charge in [-0.1, -0.05) is 23.8 Å². The normalized spacial score (nSPS) is 12.2. The second-order valence-corrected chi connectivity index (χ2v) is 6.05. The van der Waals surface area contributed by atoms with Crippen molar-refractivity contribution in [2.24, 2.45) is 5.73 Å². The van der Waals surface area contributed by atoms with Crippen LogP contribution in [0.1, 0.15) is 22.7 Å². The van der Waals surface area contributed by atoms with Gasteiger partial charge in [-0.3, -0.25) is 0 Å². The molecule has 2 nitrogen and oxygen atoms in total. The van der Waals surface area contributed by atoms with E-state index in [0.29, 0.717) is 0 Å². The van der Waals surface area contributed by atoms with Gasteiger partial charge >= 0.3 is 0 Å². The van der Waals surface area contributed by atoms with Crippen molar-refractivity contribution in [2.75, 3.05) is 12.9 Å². The van der Waals surface area contributed by atoms with Crippen molar-refractivity contribution in [2.45, 2.75) is 24.8 Å². The van der Waals surface area contributed by atoms with Crippen LogP contribution in [-0.4, -0.2) is 12.9 Å². The number of ether oxygens (including phenoxy) is 1. The lowest BCUT2D eigenvalue weighted by Crippen LogP contribution is -2.14. The Morgan fingerprint density at radius 2 is 1.80 bits per heavy atom. The zero-order valence-electron chi connectivity index (χ0n) is 12.2. The summed E-state index contributed by atoms with van der Waals surface area (Å²) in [5.41, 5.74) is 10.1. The molecular formula is C17H21NOS. The molecule has 20 heavy (non-hydrogen) atoms. The topological polar surface area (TPSA) is 35.2 Å². The van der Waals surface area contributed by atoms with Crippen molar-refractivity contribution in [3.8, 4) is 5.75 Å². The lowest BCUT2D eigenvalue weighted by atomic mass is 10.0. The lowest BCUT2D eigenvalue weighted by Gasteiger charge is -2.15. The van der Waals surface area contributed by atoms with E-state index < -0.39 is 0 Å². The zero-order valence-corrected chi connectivity index (χ0v) is 13.0. The molecule has 2 aromatic rings. The Bertz CT molecular complexity index is 566. The van der Waals surface area contributed by atoms with Crippen LogP contribution in [0.5, 0.6) is 5.75 Å². The number of aryl methyl sites for hydroxylation is 2. The molecule has 0 saturated heterocycles. The first-order valence-corrected chi connectivity index (χ1v) is 7.68. The minimum atomic E-state index is 0.0574. The zero-order chi connectivity index (χ0) is 14.5. The van der Waals surface area contributed by atoms with Gasteiger partial charge in [0.05, 0.1) is 7.11 Å². The highest BCUT2D eigenvalue weighted by molar-refractivity contribution is 7.99. The Morgan fingerprint density at radius 3 is 2.45 bits per heavy atom. The van der Waals surface area contributed by atoms with E-state index in [0.717, 1.165) is 11.5 Å². The first-order valence-electron chi connectivity index (χ1n) is 6.69. The first kappa shape index (κ1) is 14.9. The molecule has 1 unspecified atom stereocenters. The van der Waals surface area contributed by atoms with Crippen molar-refractivity contribution in [3.05, 3.63) is 59.2 Å². The number of thioether (sulfide) groups is 1. The van der Waals surface area contributed by atoms with Gasteiger partial charge in [-0.15, -0.1) is 11.8 Å². The smallest absolute Gasteiger partial charge is 0.118 e. The fourth-order valence-corrected chi connectivity index (χ4v) is 2.99. The molecule has 106 valence electrons. The molecule has 1 atom stereocenters. The van der Waals surface area contributed by atoms with Gasteiger partial charge in [0.15, 0.2) is 0 Å². The van der Waals surface area contributed by atoms with E-state index in [1.54, 1.807) is 18.9 Å². The Hall–Kier alpha value is -1.45. The molecule has 2 rings (SSSR count). The van der Waals surface area contributed by atoms with E-state index in [9.17, 15) is 0 Å². The maximum absolute atomic E-state index is 6.32. The Labute approximate surface area is 125 Å². The Balaban J connectivity index is 2.00. The second kappa shape index (κ2) is 6.82. The monoisotopic (exact) mass is 287 g/mol. The van der Waals surface area contributed by atoms with E-state index >= 15 is 0 Å². The molecule has 0 radical (unpaired) electrons. The van der Waals surface area contributed by atoms with E-state index in [2.05, 4.69) is 44.2 Å². The first-order chi connectivity index (χ1) is 9.60. The molecule has 0 aliphatic heterocycles. The summed E-state index contributed by atoms with van der Waals surface area (Å²) in [5, 5.41) is 0. The maximum atomic E-state index is 6.32. The Kier molecular flexibility index (Phi) is 5.10. The van der Waals surface area contributed by atoms with Crippen molar-refractivity contribution < 1.29 is 4.74 Å². The maximum Gasteiger partial charge on any atom is 0.118 e. The van der Waals surface area contributed by atoms with E-state index in [4.69, 9.17) is 10.5 Å². The SMILES string of the molecule is COc1ccc(SCC(N)c2cc(C)ccc2C)cc1. The third kappa shape index (κ3) is 3.78. The van der Waals surface area contributed by atoms with E-state index in [1.807, 2.05) is 12.1 Å².